The van der Waals surface area contributed by atoms with Crippen molar-refractivity contribution in [2.24, 2.45) is 0 Å². The van der Waals surface area contributed by atoms with Crippen molar-refractivity contribution in [3.63, 3.8) is 0 Å². The molecule has 1 fully saturated rings. The van der Waals surface area contributed by atoms with E-state index in [1.807, 2.05) is 61.5 Å². The van der Waals surface area contributed by atoms with Gasteiger partial charge in [0.15, 0.2) is 0 Å². The number of carbonyl (C=O) groups is 2. The Kier molecular flexibility index (Phi) is 8.29. The summed E-state index contributed by atoms with van der Waals surface area (Å²) in [5.41, 5.74) is 2.42. The maximum atomic E-state index is 12.3. The van der Waals surface area contributed by atoms with E-state index < -0.39 is 0 Å². The van der Waals surface area contributed by atoms with Gasteiger partial charge in [0, 0.05) is 11.4 Å². The van der Waals surface area contributed by atoms with Crippen molar-refractivity contribution >= 4 is 35.7 Å². The van der Waals surface area contributed by atoms with Gasteiger partial charge in [-0.2, -0.15) is 0 Å². The Bertz CT molecular complexity index is 762. The summed E-state index contributed by atoms with van der Waals surface area (Å²) in [6.45, 7) is 2.86. The molecule has 2 atom stereocenters. The molecule has 0 spiro atoms. The van der Waals surface area contributed by atoms with Crippen molar-refractivity contribution in [2.75, 3.05) is 17.2 Å². The van der Waals surface area contributed by atoms with Crippen LogP contribution in [0.15, 0.2) is 54.6 Å². The van der Waals surface area contributed by atoms with Gasteiger partial charge in [0.2, 0.25) is 5.91 Å². The lowest BCUT2D eigenvalue weighted by atomic mass is 10.0. The van der Waals surface area contributed by atoms with Crippen molar-refractivity contribution in [3.8, 4) is 0 Å². The summed E-state index contributed by atoms with van der Waals surface area (Å²) in [5, 5.41) is 11.9. The Morgan fingerprint density at radius 3 is 2.21 bits per heavy atom. The van der Waals surface area contributed by atoms with E-state index in [9.17, 15) is 9.59 Å². The fraction of sp³-hybridized carbons (Fsp3) is 0.333. The van der Waals surface area contributed by atoms with Crippen molar-refractivity contribution < 1.29 is 9.59 Å². The number of amides is 3. The summed E-state index contributed by atoms with van der Waals surface area (Å²) in [7, 11) is 0. The smallest absolute Gasteiger partial charge is 0.323 e. The highest BCUT2D eigenvalue weighted by Gasteiger charge is 2.22. The molecule has 6 nitrogen and oxygen atoms in total. The quantitative estimate of drug-likeness (QED) is 0.608. The van der Waals surface area contributed by atoms with Gasteiger partial charge in [-0.05, 0) is 56.1 Å². The van der Waals surface area contributed by atoms with Crippen LogP contribution in [0.3, 0.4) is 0 Å². The molecule has 150 valence electrons. The molecule has 0 bridgehead atoms. The van der Waals surface area contributed by atoms with Crippen molar-refractivity contribution in [1.82, 2.24) is 10.6 Å². The molecule has 2 unspecified atom stereocenters. The topological polar surface area (TPSA) is 82.3 Å². The van der Waals surface area contributed by atoms with Crippen LogP contribution in [0.1, 0.15) is 37.8 Å². The molecular formula is C21H27ClN4O2. The van der Waals surface area contributed by atoms with E-state index in [1.165, 1.54) is 0 Å². The fourth-order valence-corrected chi connectivity index (χ4v) is 3.14. The lowest BCUT2D eigenvalue weighted by Crippen LogP contribution is -2.47. The van der Waals surface area contributed by atoms with Gasteiger partial charge >= 0.3 is 6.03 Å². The minimum Gasteiger partial charge on any atom is -0.348 e. The number of piperidine rings is 1. The zero-order valence-electron chi connectivity index (χ0n) is 15.9. The minimum atomic E-state index is -0.293. The first kappa shape index (κ1) is 21.7. The Morgan fingerprint density at radius 1 is 0.964 bits per heavy atom. The van der Waals surface area contributed by atoms with Gasteiger partial charge in [-0.15, -0.1) is 12.4 Å². The third-order valence-corrected chi connectivity index (χ3v) is 4.69. The molecule has 0 aliphatic carbocycles. The average molecular weight is 403 g/mol. The van der Waals surface area contributed by atoms with E-state index in [1.54, 1.807) is 0 Å². The summed E-state index contributed by atoms with van der Waals surface area (Å²) in [5.74, 6) is 0.0478. The maximum Gasteiger partial charge on any atom is 0.323 e. The zero-order chi connectivity index (χ0) is 19.1. The molecule has 1 saturated heterocycles. The highest BCUT2D eigenvalue weighted by Crippen LogP contribution is 2.17. The number of nitrogens with one attached hydrogen (secondary N) is 4. The highest BCUT2D eigenvalue weighted by atomic mass is 35.5. The van der Waals surface area contributed by atoms with E-state index in [-0.39, 0.29) is 36.4 Å². The van der Waals surface area contributed by atoms with Crippen LogP contribution in [0, 0.1) is 0 Å². The number of rotatable bonds is 5. The molecule has 0 aromatic heterocycles. The van der Waals surface area contributed by atoms with Crippen LogP contribution in [0.2, 0.25) is 0 Å². The van der Waals surface area contributed by atoms with Crippen LogP contribution in [0.4, 0.5) is 16.2 Å². The summed E-state index contributed by atoms with van der Waals surface area (Å²) in [4.78, 5) is 24.4. The van der Waals surface area contributed by atoms with E-state index in [0.717, 1.165) is 37.1 Å². The summed E-state index contributed by atoms with van der Waals surface area (Å²) in [6, 6.07) is 16.3. The van der Waals surface area contributed by atoms with Crippen LogP contribution in [-0.2, 0) is 4.79 Å². The van der Waals surface area contributed by atoms with E-state index in [4.69, 9.17) is 0 Å². The van der Waals surface area contributed by atoms with E-state index in [0.29, 0.717) is 5.69 Å². The molecular weight excluding hydrogens is 376 g/mol. The molecule has 1 aliphatic heterocycles. The second-order valence-corrected chi connectivity index (χ2v) is 6.80. The van der Waals surface area contributed by atoms with Gasteiger partial charge in [-0.1, -0.05) is 36.8 Å². The zero-order valence-corrected chi connectivity index (χ0v) is 16.7. The van der Waals surface area contributed by atoms with Gasteiger partial charge in [0.05, 0.1) is 12.1 Å². The SMILES string of the molecule is CC(NC(=O)C1CCCCN1)c1ccc(NC(=O)Nc2ccccc2)cc1.Cl. The van der Waals surface area contributed by atoms with Gasteiger partial charge in [-0.25, -0.2) is 4.79 Å². The highest BCUT2D eigenvalue weighted by molar-refractivity contribution is 5.99. The number of halogens is 1. The molecule has 1 aliphatic rings. The van der Waals surface area contributed by atoms with Gasteiger partial charge in [0.25, 0.3) is 0 Å². The molecule has 3 amide bonds. The lowest BCUT2D eigenvalue weighted by molar-refractivity contribution is -0.124. The number of para-hydroxylation sites is 1. The largest absolute Gasteiger partial charge is 0.348 e. The molecule has 2 aromatic rings. The molecule has 0 saturated carbocycles. The van der Waals surface area contributed by atoms with Gasteiger partial charge in [0.1, 0.15) is 0 Å². The summed E-state index contributed by atoms with van der Waals surface area (Å²) >= 11 is 0. The fourth-order valence-electron chi connectivity index (χ4n) is 3.14. The van der Waals surface area contributed by atoms with E-state index >= 15 is 0 Å². The molecule has 1 heterocycles. The summed E-state index contributed by atoms with van der Waals surface area (Å²) in [6.07, 6.45) is 3.11. The molecule has 2 aromatic carbocycles. The normalized spacial score (nSPS) is 17.0. The molecule has 7 heteroatoms. The number of benzene rings is 2. The Morgan fingerprint density at radius 2 is 1.61 bits per heavy atom. The third kappa shape index (κ3) is 6.25. The second kappa shape index (κ2) is 10.7. The molecule has 28 heavy (non-hydrogen) atoms. The average Bonchev–Trinajstić information content (AvgIpc) is 2.70. The van der Waals surface area contributed by atoms with Crippen LogP contribution in [-0.4, -0.2) is 24.5 Å². The predicted molar refractivity (Wildman–Crippen MR) is 115 cm³/mol. The standard InChI is InChI=1S/C21H26N4O2.ClH/c1-15(23-20(26)19-9-5-6-14-22-19)16-10-12-18(13-11-16)25-21(27)24-17-7-3-2-4-8-17;/h2-4,7-8,10-13,15,19,22H,5-6,9,14H2,1H3,(H,23,26)(H2,24,25,27);1H. The lowest BCUT2D eigenvalue weighted by Gasteiger charge is -2.24. The first-order valence-electron chi connectivity index (χ1n) is 9.38. The van der Waals surface area contributed by atoms with Crippen molar-refractivity contribution in [2.45, 2.75) is 38.3 Å². The number of urea groups is 1. The van der Waals surface area contributed by atoms with Crippen LogP contribution >= 0.6 is 12.4 Å². The number of hydrogen-bond acceptors (Lipinski definition) is 3. The first-order valence-corrected chi connectivity index (χ1v) is 9.38. The Labute approximate surface area is 171 Å². The van der Waals surface area contributed by atoms with Crippen LogP contribution in [0.25, 0.3) is 0 Å². The first-order chi connectivity index (χ1) is 13.1. The van der Waals surface area contributed by atoms with Gasteiger partial charge in [-0.3, -0.25) is 4.79 Å². The number of carbonyl (C=O) groups excluding carboxylic acids is 2. The Balaban J connectivity index is 0.00000280. The minimum absolute atomic E-state index is 0. The van der Waals surface area contributed by atoms with Crippen molar-refractivity contribution in [1.29, 1.82) is 0 Å². The summed E-state index contributed by atoms with van der Waals surface area (Å²) < 4.78 is 0. The Hall–Kier alpha value is -2.57. The van der Waals surface area contributed by atoms with Gasteiger partial charge < -0.3 is 21.3 Å². The molecule has 3 rings (SSSR count). The molecule has 4 N–H and O–H groups in total. The van der Waals surface area contributed by atoms with Crippen molar-refractivity contribution in [3.05, 3.63) is 60.2 Å². The maximum absolute atomic E-state index is 12.3. The van der Waals surface area contributed by atoms with Crippen LogP contribution in [0.5, 0.6) is 0 Å². The van der Waals surface area contributed by atoms with E-state index in [2.05, 4.69) is 21.3 Å². The number of anilines is 2. The third-order valence-electron chi connectivity index (χ3n) is 4.69. The number of hydrogen-bond donors (Lipinski definition) is 4. The predicted octanol–water partition coefficient (Wildman–Crippen LogP) is 4.07. The molecule has 0 radical (unpaired) electrons. The van der Waals surface area contributed by atoms with Crippen LogP contribution < -0.4 is 21.3 Å². The monoisotopic (exact) mass is 402 g/mol. The second-order valence-electron chi connectivity index (χ2n) is 6.80.